The van der Waals surface area contributed by atoms with Crippen LogP contribution in [0.15, 0.2) is 23.6 Å². The molecule has 0 spiro atoms. The van der Waals surface area contributed by atoms with Gasteiger partial charge in [0, 0.05) is 23.6 Å². The third kappa shape index (κ3) is 4.32. The number of pyridine rings is 2. The largest absolute Gasteiger partial charge is 0.474 e. The molecule has 0 N–H and O–H groups in total. The molecular weight excluding hydrogens is 402 g/mol. The predicted octanol–water partition coefficient (Wildman–Crippen LogP) is 4.42. The molecule has 10 heteroatoms. The molecule has 1 saturated carbocycles. The van der Waals surface area contributed by atoms with E-state index in [9.17, 15) is 8.42 Å². The summed E-state index contributed by atoms with van der Waals surface area (Å²) in [5.74, 6) is 0.717. The lowest BCUT2D eigenvalue weighted by Crippen LogP contribution is -2.37. The monoisotopic (exact) mass is 423 g/mol. The first-order valence-corrected chi connectivity index (χ1v) is 11.4. The van der Waals surface area contributed by atoms with Gasteiger partial charge in [-0.15, -0.1) is 0 Å². The summed E-state index contributed by atoms with van der Waals surface area (Å²) in [6, 6.07) is 1.72. The highest BCUT2D eigenvalue weighted by Crippen LogP contribution is 2.39. The van der Waals surface area contributed by atoms with Crippen LogP contribution in [-0.4, -0.2) is 36.5 Å². The van der Waals surface area contributed by atoms with E-state index >= 15 is 0 Å². The molecule has 3 rings (SSSR count). The van der Waals surface area contributed by atoms with E-state index in [1.54, 1.807) is 18.5 Å². The summed E-state index contributed by atoms with van der Waals surface area (Å²) in [6.45, 7) is 3.78. The summed E-state index contributed by atoms with van der Waals surface area (Å²) < 4.78 is 28.8. The fourth-order valence-electron chi connectivity index (χ4n) is 3.52. The van der Waals surface area contributed by atoms with Crippen LogP contribution in [0.3, 0.4) is 0 Å². The van der Waals surface area contributed by atoms with E-state index in [1.165, 1.54) is 6.26 Å². The molecular formula is C18H22ClN5O3S. The Hall–Kier alpha value is -2.09. The number of hydrogen-bond acceptors (Lipinski definition) is 6. The average Bonchev–Trinajstić information content (AvgIpc) is 2.58. The molecule has 0 saturated heterocycles. The van der Waals surface area contributed by atoms with E-state index < -0.39 is 15.4 Å². The van der Waals surface area contributed by atoms with Crippen molar-refractivity contribution in [2.75, 3.05) is 12.0 Å². The first-order valence-electron chi connectivity index (χ1n) is 9.00. The van der Waals surface area contributed by atoms with Gasteiger partial charge >= 0.3 is 0 Å². The minimum Gasteiger partial charge on any atom is -0.474 e. The summed E-state index contributed by atoms with van der Waals surface area (Å²) in [6.07, 6.45) is 6.34. The van der Waals surface area contributed by atoms with Crippen molar-refractivity contribution in [2.45, 2.75) is 44.8 Å². The second-order valence-electron chi connectivity index (χ2n) is 7.52. The van der Waals surface area contributed by atoms with Crippen LogP contribution in [0, 0.1) is 5.92 Å². The maximum atomic E-state index is 11.4. The van der Waals surface area contributed by atoms with Crippen molar-refractivity contribution in [3.05, 3.63) is 39.6 Å². The highest BCUT2D eigenvalue weighted by atomic mass is 35.5. The van der Waals surface area contributed by atoms with Crippen molar-refractivity contribution >= 4 is 32.2 Å². The van der Waals surface area contributed by atoms with E-state index in [-0.39, 0.29) is 17.8 Å². The number of sulfone groups is 1. The van der Waals surface area contributed by atoms with Crippen LogP contribution in [0.4, 0.5) is 0 Å². The number of aromatic nitrogens is 2. The molecule has 0 amide bonds. The highest BCUT2D eigenvalue weighted by molar-refractivity contribution is 7.90. The number of ether oxygens (including phenoxy) is 1. The Balaban J connectivity index is 1.92. The zero-order chi connectivity index (χ0) is 20.5. The lowest BCUT2D eigenvalue weighted by atomic mass is 9.84. The van der Waals surface area contributed by atoms with Crippen LogP contribution < -0.4 is 4.74 Å². The molecule has 8 nitrogen and oxygen atoms in total. The summed E-state index contributed by atoms with van der Waals surface area (Å²) >= 11 is 6.11. The second-order valence-corrected chi connectivity index (χ2v) is 10.1. The third-order valence-corrected chi connectivity index (χ3v) is 6.53. The van der Waals surface area contributed by atoms with Gasteiger partial charge in [-0.1, -0.05) is 23.6 Å². The molecule has 2 aromatic heterocycles. The SMILES string of the molecule is CC[C@@](C)(N=[N+]=[N-])c1cnc(O[C@H]2C[C@@H](CS(C)(=O)=O)C2)c2cnc(Cl)cc12. The number of rotatable bonds is 7. The van der Waals surface area contributed by atoms with Crippen LogP contribution in [0.25, 0.3) is 21.2 Å². The topological polar surface area (TPSA) is 118 Å². The number of nitrogens with zero attached hydrogens (tertiary/aromatic N) is 5. The van der Waals surface area contributed by atoms with Crippen LogP contribution in [0.1, 0.15) is 38.7 Å². The van der Waals surface area contributed by atoms with Crippen LogP contribution in [0.5, 0.6) is 5.88 Å². The Bertz CT molecular complexity index is 1050. The molecule has 1 aliphatic carbocycles. The normalized spacial score (nSPS) is 21.4. The summed E-state index contributed by atoms with van der Waals surface area (Å²) in [5.41, 5.74) is 8.95. The molecule has 28 heavy (non-hydrogen) atoms. The third-order valence-electron chi connectivity index (χ3n) is 5.25. The van der Waals surface area contributed by atoms with Crippen LogP contribution in [0.2, 0.25) is 5.15 Å². The zero-order valence-corrected chi connectivity index (χ0v) is 17.5. The molecule has 1 fully saturated rings. The van der Waals surface area contributed by atoms with Gasteiger partial charge in [0.25, 0.3) is 0 Å². The Morgan fingerprint density at radius 1 is 1.36 bits per heavy atom. The molecule has 0 radical (unpaired) electrons. The van der Waals surface area contributed by atoms with E-state index in [0.717, 1.165) is 10.9 Å². The molecule has 150 valence electrons. The number of fused-ring (bicyclic) bond motifs is 1. The minimum absolute atomic E-state index is 0.0846. The van der Waals surface area contributed by atoms with E-state index in [0.29, 0.717) is 35.7 Å². The zero-order valence-electron chi connectivity index (χ0n) is 16.0. The van der Waals surface area contributed by atoms with Gasteiger partial charge in [0.15, 0.2) is 0 Å². The van der Waals surface area contributed by atoms with Crippen molar-refractivity contribution in [1.29, 1.82) is 0 Å². The van der Waals surface area contributed by atoms with Gasteiger partial charge in [-0.05, 0) is 54.7 Å². The molecule has 0 bridgehead atoms. The van der Waals surface area contributed by atoms with Gasteiger partial charge in [0.2, 0.25) is 5.88 Å². The van der Waals surface area contributed by atoms with Crippen molar-refractivity contribution in [3.8, 4) is 5.88 Å². The van der Waals surface area contributed by atoms with Crippen molar-refractivity contribution in [2.24, 2.45) is 11.0 Å². The second kappa shape index (κ2) is 7.73. The van der Waals surface area contributed by atoms with E-state index in [4.69, 9.17) is 21.9 Å². The van der Waals surface area contributed by atoms with Gasteiger partial charge in [0.05, 0.1) is 16.7 Å². The summed E-state index contributed by atoms with van der Waals surface area (Å²) in [4.78, 5) is 11.6. The standard InChI is InChI=1S/C18H22ClN5O3S/c1-4-18(2,23-24-20)15-9-22-17(14-8-21-16(19)7-13(14)15)27-12-5-11(6-12)10-28(3,25)26/h7-9,11-12H,4-6,10H2,1-3H3/t11-,12+,18-/m1/s1. The Kier molecular flexibility index (Phi) is 5.70. The number of halogens is 1. The molecule has 1 aliphatic rings. The Morgan fingerprint density at radius 3 is 2.68 bits per heavy atom. The first kappa shape index (κ1) is 20.6. The van der Waals surface area contributed by atoms with Crippen LogP contribution in [-0.2, 0) is 15.4 Å². The lowest BCUT2D eigenvalue weighted by Gasteiger charge is -2.35. The van der Waals surface area contributed by atoms with E-state index in [2.05, 4.69) is 20.0 Å². The summed E-state index contributed by atoms with van der Waals surface area (Å²) in [7, 11) is -2.99. The smallest absolute Gasteiger partial charge is 0.223 e. The molecule has 0 aliphatic heterocycles. The number of azide groups is 1. The van der Waals surface area contributed by atoms with Gasteiger partial charge < -0.3 is 4.74 Å². The highest BCUT2D eigenvalue weighted by Gasteiger charge is 2.34. The quantitative estimate of drug-likeness (QED) is 0.282. The molecule has 1 atom stereocenters. The fraction of sp³-hybridized carbons (Fsp3) is 0.556. The van der Waals surface area contributed by atoms with Gasteiger partial charge in [-0.3, -0.25) is 0 Å². The average molecular weight is 424 g/mol. The summed E-state index contributed by atoms with van der Waals surface area (Å²) in [5, 5.41) is 5.74. The molecule has 0 unspecified atom stereocenters. The maximum absolute atomic E-state index is 11.4. The minimum atomic E-state index is -2.99. The fourth-order valence-corrected chi connectivity index (χ4v) is 4.80. The molecule has 2 aromatic rings. The van der Waals surface area contributed by atoms with Gasteiger partial charge in [0.1, 0.15) is 21.1 Å². The van der Waals surface area contributed by atoms with E-state index in [1.807, 2.05) is 13.8 Å². The van der Waals surface area contributed by atoms with Gasteiger partial charge in [-0.25, -0.2) is 18.4 Å². The van der Waals surface area contributed by atoms with Crippen LogP contribution >= 0.6 is 11.6 Å². The Labute approximate surface area is 168 Å². The Morgan fingerprint density at radius 2 is 2.07 bits per heavy atom. The molecule has 0 aromatic carbocycles. The van der Waals surface area contributed by atoms with Gasteiger partial charge in [-0.2, -0.15) is 0 Å². The van der Waals surface area contributed by atoms with Crippen molar-refractivity contribution < 1.29 is 13.2 Å². The predicted molar refractivity (Wildman–Crippen MR) is 108 cm³/mol. The van der Waals surface area contributed by atoms with Crippen molar-refractivity contribution in [1.82, 2.24) is 9.97 Å². The lowest BCUT2D eigenvalue weighted by molar-refractivity contribution is 0.0725. The maximum Gasteiger partial charge on any atom is 0.223 e. The number of hydrogen-bond donors (Lipinski definition) is 0. The van der Waals surface area contributed by atoms with Crippen molar-refractivity contribution in [3.63, 3.8) is 0 Å². The first-order chi connectivity index (χ1) is 13.1. The molecule has 2 heterocycles.